The van der Waals surface area contributed by atoms with Crippen molar-refractivity contribution in [3.8, 4) is 0 Å². The van der Waals surface area contributed by atoms with Gasteiger partial charge in [-0.05, 0) is 24.3 Å². The Labute approximate surface area is 111 Å². The third-order valence-corrected chi connectivity index (χ3v) is 4.45. The summed E-state index contributed by atoms with van der Waals surface area (Å²) in [5, 5.41) is 8.73. The fraction of sp³-hybridized carbons (Fsp3) is 0.333. The molecule has 0 aliphatic rings. The quantitative estimate of drug-likeness (QED) is 0.871. The Morgan fingerprint density at radius 2 is 2.05 bits per heavy atom. The molecule has 2 rings (SSSR count). The molecular weight excluding hydrogens is 270 g/mol. The van der Waals surface area contributed by atoms with Crippen LogP contribution >= 0.6 is 0 Å². The lowest BCUT2D eigenvalue weighted by molar-refractivity contribution is 0.234. The van der Waals surface area contributed by atoms with Crippen LogP contribution in [-0.2, 0) is 23.2 Å². The van der Waals surface area contributed by atoms with E-state index in [0.717, 1.165) is 0 Å². The van der Waals surface area contributed by atoms with Gasteiger partial charge in [-0.15, -0.1) is 0 Å². The maximum Gasteiger partial charge on any atom is 0.276 e. The number of hydrogen-bond donors (Lipinski definition) is 1. The zero-order valence-corrected chi connectivity index (χ0v) is 11.3. The molecule has 104 valence electrons. The van der Waals surface area contributed by atoms with E-state index >= 15 is 0 Å². The summed E-state index contributed by atoms with van der Waals surface area (Å²) in [6, 6.07) is 6.19. The van der Waals surface area contributed by atoms with Crippen LogP contribution in [0.5, 0.6) is 0 Å². The average molecular weight is 285 g/mol. The van der Waals surface area contributed by atoms with Crippen LogP contribution in [0.3, 0.4) is 0 Å². The van der Waals surface area contributed by atoms with Gasteiger partial charge >= 0.3 is 0 Å². The van der Waals surface area contributed by atoms with Gasteiger partial charge in [0.15, 0.2) is 0 Å². The predicted octanol–water partition coefficient (Wildman–Crippen LogP) is 1.58. The summed E-state index contributed by atoms with van der Waals surface area (Å²) in [7, 11) is -3.72. The maximum absolute atomic E-state index is 12.3. The molecule has 1 N–H and O–H groups in total. The van der Waals surface area contributed by atoms with Crippen LogP contribution in [0.2, 0.25) is 0 Å². The Bertz CT molecular complexity index is 614. The normalized spacial score (nSPS) is 12.2. The Morgan fingerprint density at radius 3 is 2.58 bits per heavy atom. The Hall–Kier alpha value is -1.57. The van der Waals surface area contributed by atoms with Crippen molar-refractivity contribution < 1.29 is 22.4 Å². The first kappa shape index (κ1) is 13.9. The van der Waals surface area contributed by atoms with Crippen LogP contribution in [0.15, 0.2) is 44.5 Å². The van der Waals surface area contributed by atoms with Crippen molar-refractivity contribution in [1.29, 1.82) is 0 Å². The van der Waals surface area contributed by atoms with E-state index in [0.29, 0.717) is 5.76 Å². The van der Waals surface area contributed by atoms with Crippen molar-refractivity contribution >= 4 is 10.0 Å². The molecule has 0 aromatic carbocycles. The van der Waals surface area contributed by atoms with E-state index in [9.17, 15) is 8.42 Å². The van der Waals surface area contributed by atoms with Gasteiger partial charge in [0.05, 0.1) is 12.8 Å². The number of aliphatic hydroxyl groups is 1. The van der Waals surface area contributed by atoms with Crippen molar-refractivity contribution in [2.24, 2.45) is 0 Å². The van der Waals surface area contributed by atoms with Gasteiger partial charge < -0.3 is 13.9 Å². The summed E-state index contributed by atoms with van der Waals surface area (Å²) in [6.45, 7) is 1.83. The lowest BCUT2D eigenvalue weighted by atomic mass is 10.4. The fourth-order valence-electron chi connectivity index (χ4n) is 1.65. The Balaban J connectivity index is 2.25. The summed E-state index contributed by atoms with van der Waals surface area (Å²) < 4.78 is 36.1. The van der Waals surface area contributed by atoms with Crippen LogP contribution in [0.25, 0.3) is 0 Å². The van der Waals surface area contributed by atoms with Crippen molar-refractivity contribution in [3.63, 3.8) is 0 Å². The molecular formula is C12H15NO5S. The third-order valence-electron chi connectivity index (χ3n) is 2.65. The molecule has 0 atom stereocenters. The zero-order chi connectivity index (χ0) is 13.9. The van der Waals surface area contributed by atoms with Crippen molar-refractivity contribution in [2.75, 3.05) is 6.54 Å². The molecule has 2 aromatic rings. The number of furan rings is 2. The molecule has 2 heterocycles. The summed E-state index contributed by atoms with van der Waals surface area (Å²) in [5.74, 6) is 0.770. The first-order chi connectivity index (χ1) is 9.07. The second-order valence-corrected chi connectivity index (χ2v) is 5.76. The number of rotatable bonds is 6. The van der Waals surface area contributed by atoms with Crippen LogP contribution in [0, 0.1) is 0 Å². The monoisotopic (exact) mass is 285 g/mol. The largest absolute Gasteiger partial charge is 0.468 e. The molecule has 0 unspecified atom stereocenters. The standard InChI is InChI=1S/C12H15NO5S/c1-2-13(8-10-4-3-7-17-10)19(15,16)12-6-5-11(9-14)18-12/h3-7,14H,2,8-9H2,1H3. The molecule has 0 aliphatic carbocycles. The molecule has 0 saturated carbocycles. The SMILES string of the molecule is CCN(Cc1ccco1)S(=O)(=O)c1ccc(CO)o1. The second kappa shape index (κ2) is 5.60. The number of sulfonamides is 1. The molecule has 7 heteroatoms. The first-order valence-electron chi connectivity index (χ1n) is 5.80. The third kappa shape index (κ3) is 2.89. The van der Waals surface area contributed by atoms with Crippen LogP contribution in [0.4, 0.5) is 0 Å². The van der Waals surface area contributed by atoms with Gasteiger partial charge in [0.1, 0.15) is 18.1 Å². The lowest BCUT2D eigenvalue weighted by Gasteiger charge is -2.17. The highest BCUT2D eigenvalue weighted by Crippen LogP contribution is 2.20. The highest BCUT2D eigenvalue weighted by Gasteiger charge is 2.27. The minimum absolute atomic E-state index is 0.140. The number of hydrogen-bond acceptors (Lipinski definition) is 5. The Kier molecular flexibility index (Phi) is 4.08. The van der Waals surface area contributed by atoms with Crippen molar-refractivity contribution in [2.45, 2.75) is 25.2 Å². The van der Waals surface area contributed by atoms with Gasteiger partial charge in [0.2, 0.25) is 5.09 Å². The van der Waals surface area contributed by atoms with Gasteiger partial charge in [-0.25, -0.2) is 8.42 Å². The maximum atomic E-state index is 12.3. The summed E-state index contributed by atoms with van der Waals surface area (Å²) in [5.41, 5.74) is 0. The van der Waals surface area contributed by atoms with E-state index in [4.69, 9.17) is 13.9 Å². The number of aliphatic hydroxyl groups excluding tert-OH is 1. The van der Waals surface area contributed by atoms with Crippen LogP contribution in [0.1, 0.15) is 18.4 Å². The van der Waals surface area contributed by atoms with Gasteiger partial charge in [-0.3, -0.25) is 0 Å². The van der Waals surface area contributed by atoms with Crippen LogP contribution in [-0.4, -0.2) is 24.4 Å². The predicted molar refractivity (Wildman–Crippen MR) is 66.6 cm³/mol. The minimum atomic E-state index is -3.72. The average Bonchev–Trinajstić information content (AvgIpc) is 3.06. The van der Waals surface area contributed by atoms with Gasteiger partial charge in [-0.2, -0.15) is 4.31 Å². The van der Waals surface area contributed by atoms with Gasteiger partial charge in [-0.1, -0.05) is 6.92 Å². The van der Waals surface area contributed by atoms with E-state index in [1.54, 1.807) is 19.1 Å². The highest BCUT2D eigenvalue weighted by atomic mass is 32.2. The molecule has 0 spiro atoms. The van der Waals surface area contributed by atoms with E-state index in [1.807, 2.05) is 0 Å². The molecule has 2 aromatic heterocycles. The summed E-state index contributed by atoms with van der Waals surface area (Å²) >= 11 is 0. The van der Waals surface area contributed by atoms with E-state index < -0.39 is 10.0 Å². The van der Waals surface area contributed by atoms with E-state index in [1.165, 1.54) is 22.7 Å². The highest BCUT2D eigenvalue weighted by molar-refractivity contribution is 7.89. The first-order valence-corrected chi connectivity index (χ1v) is 7.24. The molecule has 0 aliphatic heterocycles. The minimum Gasteiger partial charge on any atom is -0.468 e. The molecule has 0 fully saturated rings. The second-order valence-electron chi connectivity index (χ2n) is 3.89. The van der Waals surface area contributed by atoms with Gasteiger partial charge in [0, 0.05) is 6.54 Å². The topological polar surface area (TPSA) is 83.9 Å². The van der Waals surface area contributed by atoms with Crippen molar-refractivity contribution in [1.82, 2.24) is 4.31 Å². The number of nitrogens with zero attached hydrogens (tertiary/aromatic N) is 1. The molecule has 6 nitrogen and oxygen atoms in total. The molecule has 0 bridgehead atoms. The summed E-state index contributed by atoms with van der Waals surface area (Å²) in [6.07, 6.45) is 1.49. The molecule has 19 heavy (non-hydrogen) atoms. The van der Waals surface area contributed by atoms with E-state index in [2.05, 4.69) is 0 Å². The molecule has 0 radical (unpaired) electrons. The molecule has 0 amide bonds. The molecule has 0 saturated heterocycles. The Morgan fingerprint density at radius 1 is 1.26 bits per heavy atom. The smallest absolute Gasteiger partial charge is 0.276 e. The van der Waals surface area contributed by atoms with Crippen molar-refractivity contribution in [3.05, 3.63) is 42.0 Å². The van der Waals surface area contributed by atoms with Crippen LogP contribution < -0.4 is 0 Å². The lowest BCUT2D eigenvalue weighted by Crippen LogP contribution is -2.30. The summed E-state index contributed by atoms with van der Waals surface area (Å²) in [4.78, 5) is 0. The zero-order valence-electron chi connectivity index (χ0n) is 10.4. The van der Waals surface area contributed by atoms with Gasteiger partial charge in [0.25, 0.3) is 10.0 Å². The fourth-order valence-corrected chi connectivity index (χ4v) is 3.00. The van der Waals surface area contributed by atoms with E-state index in [-0.39, 0.29) is 30.5 Å².